The monoisotopic (exact) mass is 387 g/mol. The van der Waals surface area contributed by atoms with Gasteiger partial charge in [0.2, 0.25) is 0 Å². The zero-order valence-electron chi connectivity index (χ0n) is 18.0. The number of nitrogens with zero attached hydrogens (tertiary/aromatic N) is 2. The molecular weight excluding hydrogens is 350 g/mol. The van der Waals surface area contributed by atoms with Gasteiger partial charge in [-0.25, -0.2) is 0 Å². The van der Waals surface area contributed by atoms with E-state index in [1.807, 2.05) is 31.2 Å². The van der Waals surface area contributed by atoms with Gasteiger partial charge in [0.15, 0.2) is 5.96 Å². The maximum absolute atomic E-state index is 12.1. The lowest BCUT2D eigenvalue weighted by atomic mass is 9.98. The number of hydrogen-bond donors (Lipinski definition) is 3. The molecule has 1 aromatic rings. The third-order valence-electron chi connectivity index (χ3n) is 5.31. The Kier molecular flexibility index (Phi) is 8.77. The normalized spacial score (nSPS) is 15.9. The standard InChI is InChI=1S/C22H37N5O/c1-5-12-24-20(28)19-11-9-10-18(15-19)16-25-21(23-4)26-17-22(2,3)27-13-7-6-8-14-27/h9-11,15H,5-8,12-14,16-17H2,1-4H3,(H,24,28)(H2,23,25,26). The summed E-state index contributed by atoms with van der Waals surface area (Å²) in [5, 5.41) is 9.74. The molecule has 1 aromatic carbocycles. The van der Waals surface area contributed by atoms with Crippen LogP contribution in [0.1, 0.15) is 62.4 Å². The second-order valence-corrected chi connectivity index (χ2v) is 8.10. The van der Waals surface area contributed by atoms with Crippen molar-refractivity contribution in [1.29, 1.82) is 0 Å². The van der Waals surface area contributed by atoms with Crippen LogP contribution in [-0.4, -0.2) is 55.5 Å². The first kappa shape index (κ1) is 22.2. The number of carbonyl (C=O) groups is 1. The van der Waals surface area contributed by atoms with E-state index in [4.69, 9.17) is 0 Å². The van der Waals surface area contributed by atoms with Gasteiger partial charge in [0.05, 0.1) is 0 Å². The molecule has 0 bridgehead atoms. The van der Waals surface area contributed by atoms with Crippen molar-refractivity contribution < 1.29 is 4.79 Å². The Morgan fingerprint density at radius 2 is 1.89 bits per heavy atom. The van der Waals surface area contributed by atoms with Crippen LogP contribution in [0.15, 0.2) is 29.3 Å². The van der Waals surface area contributed by atoms with Crippen LogP contribution in [0.25, 0.3) is 0 Å². The summed E-state index contributed by atoms with van der Waals surface area (Å²) < 4.78 is 0. The lowest BCUT2D eigenvalue weighted by Crippen LogP contribution is -2.54. The molecule has 0 aliphatic carbocycles. The molecule has 1 amide bonds. The van der Waals surface area contributed by atoms with Gasteiger partial charge in [-0.15, -0.1) is 0 Å². The molecule has 1 heterocycles. The van der Waals surface area contributed by atoms with Crippen molar-refractivity contribution in [2.24, 2.45) is 4.99 Å². The number of likely N-dealkylation sites (tertiary alicyclic amines) is 1. The average Bonchev–Trinajstić information content (AvgIpc) is 2.73. The number of piperidine rings is 1. The predicted octanol–water partition coefficient (Wildman–Crippen LogP) is 2.76. The SMILES string of the molecule is CCCNC(=O)c1cccc(CNC(=NC)NCC(C)(C)N2CCCCC2)c1. The Bertz CT molecular complexity index is 650. The first-order valence-corrected chi connectivity index (χ1v) is 10.5. The molecule has 0 radical (unpaired) electrons. The largest absolute Gasteiger partial charge is 0.355 e. The Morgan fingerprint density at radius 3 is 2.57 bits per heavy atom. The summed E-state index contributed by atoms with van der Waals surface area (Å²) >= 11 is 0. The summed E-state index contributed by atoms with van der Waals surface area (Å²) in [6, 6.07) is 7.73. The van der Waals surface area contributed by atoms with E-state index in [9.17, 15) is 4.79 Å². The fraction of sp³-hybridized carbons (Fsp3) is 0.636. The molecule has 1 aliphatic heterocycles. The molecule has 0 unspecified atom stereocenters. The van der Waals surface area contributed by atoms with Gasteiger partial charge in [0, 0.05) is 37.8 Å². The van der Waals surface area contributed by atoms with Crippen molar-refractivity contribution in [2.45, 2.75) is 58.5 Å². The van der Waals surface area contributed by atoms with E-state index in [1.54, 1.807) is 7.05 Å². The highest BCUT2D eigenvalue weighted by atomic mass is 16.1. The molecular formula is C22H37N5O. The first-order chi connectivity index (χ1) is 13.5. The molecule has 0 atom stereocenters. The summed E-state index contributed by atoms with van der Waals surface area (Å²) in [6.45, 7) is 11.1. The molecule has 6 heteroatoms. The van der Waals surface area contributed by atoms with Gasteiger partial charge < -0.3 is 16.0 Å². The highest BCUT2D eigenvalue weighted by Crippen LogP contribution is 2.19. The highest BCUT2D eigenvalue weighted by molar-refractivity contribution is 5.94. The van der Waals surface area contributed by atoms with Crippen LogP contribution in [0.2, 0.25) is 0 Å². The highest BCUT2D eigenvalue weighted by Gasteiger charge is 2.27. The van der Waals surface area contributed by atoms with Crippen molar-refractivity contribution in [3.63, 3.8) is 0 Å². The van der Waals surface area contributed by atoms with Crippen molar-refractivity contribution in [3.05, 3.63) is 35.4 Å². The van der Waals surface area contributed by atoms with Crippen LogP contribution in [-0.2, 0) is 6.54 Å². The summed E-state index contributed by atoms with van der Waals surface area (Å²) in [5.41, 5.74) is 1.85. The minimum atomic E-state index is -0.0190. The fourth-order valence-electron chi connectivity index (χ4n) is 3.48. The van der Waals surface area contributed by atoms with Crippen LogP contribution in [0, 0.1) is 0 Å². The van der Waals surface area contributed by atoms with Gasteiger partial charge in [-0.1, -0.05) is 25.5 Å². The Hall–Kier alpha value is -2.08. The molecule has 2 rings (SSSR count). The molecule has 0 saturated carbocycles. The molecule has 1 fully saturated rings. The van der Waals surface area contributed by atoms with Crippen LogP contribution in [0.5, 0.6) is 0 Å². The van der Waals surface area contributed by atoms with Gasteiger partial charge in [0.25, 0.3) is 5.91 Å². The van der Waals surface area contributed by atoms with E-state index in [1.165, 1.54) is 32.4 Å². The van der Waals surface area contributed by atoms with Gasteiger partial charge in [-0.2, -0.15) is 0 Å². The molecule has 3 N–H and O–H groups in total. The molecule has 0 spiro atoms. The number of hydrogen-bond acceptors (Lipinski definition) is 3. The molecule has 156 valence electrons. The van der Waals surface area contributed by atoms with E-state index in [-0.39, 0.29) is 11.4 Å². The van der Waals surface area contributed by atoms with Crippen LogP contribution >= 0.6 is 0 Å². The second kappa shape index (κ2) is 11.1. The molecule has 0 aromatic heterocycles. The third kappa shape index (κ3) is 6.82. The van der Waals surface area contributed by atoms with Crippen molar-refractivity contribution in [3.8, 4) is 0 Å². The lowest BCUT2D eigenvalue weighted by Gasteiger charge is -2.41. The number of guanidine groups is 1. The maximum atomic E-state index is 12.1. The zero-order valence-corrected chi connectivity index (χ0v) is 18.0. The first-order valence-electron chi connectivity index (χ1n) is 10.5. The Balaban J connectivity index is 1.85. The molecule has 1 saturated heterocycles. The zero-order chi connectivity index (χ0) is 20.4. The average molecular weight is 388 g/mol. The summed E-state index contributed by atoms with van der Waals surface area (Å²) in [4.78, 5) is 19.1. The third-order valence-corrected chi connectivity index (χ3v) is 5.31. The number of carbonyl (C=O) groups excluding carboxylic acids is 1. The van der Waals surface area contributed by atoms with E-state index in [0.717, 1.165) is 24.5 Å². The molecule has 28 heavy (non-hydrogen) atoms. The van der Waals surface area contributed by atoms with Crippen molar-refractivity contribution >= 4 is 11.9 Å². The van der Waals surface area contributed by atoms with Crippen LogP contribution in [0.4, 0.5) is 0 Å². The van der Waals surface area contributed by atoms with Gasteiger partial charge in [-0.3, -0.25) is 14.7 Å². The number of amides is 1. The van der Waals surface area contributed by atoms with E-state index in [2.05, 4.69) is 39.7 Å². The smallest absolute Gasteiger partial charge is 0.251 e. The summed E-state index contributed by atoms with van der Waals surface area (Å²) in [6.07, 6.45) is 4.86. The minimum absolute atomic E-state index is 0.0190. The molecule has 6 nitrogen and oxygen atoms in total. The van der Waals surface area contributed by atoms with E-state index < -0.39 is 0 Å². The van der Waals surface area contributed by atoms with Gasteiger partial charge >= 0.3 is 0 Å². The Morgan fingerprint density at radius 1 is 1.14 bits per heavy atom. The van der Waals surface area contributed by atoms with E-state index in [0.29, 0.717) is 18.7 Å². The fourth-order valence-corrected chi connectivity index (χ4v) is 3.48. The Labute approximate surface area is 170 Å². The minimum Gasteiger partial charge on any atom is -0.355 e. The maximum Gasteiger partial charge on any atom is 0.251 e. The quantitative estimate of drug-likeness (QED) is 0.474. The van der Waals surface area contributed by atoms with Gasteiger partial charge in [-0.05, 0) is 63.9 Å². The van der Waals surface area contributed by atoms with E-state index >= 15 is 0 Å². The summed E-state index contributed by atoms with van der Waals surface area (Å²) in [5.74, 6) is 0.764. The van der Waals surface area contributed by atoms with Gasteiger partial charge in [0.1, 0.15) is 0 Å². The van der Waals surface area contributed by atoms with Crippen LogP contribution in [0.3, 0.4) is 0 Å². The number of rotatable bonds is 8. The molecule has 1 aliphatic rings. The van der Waals surface area contributed by atoms with Crippen molar-refractivity contribution in [2.75, 3.05) is 33.2 Å². The second-order valence-electron chi connectivity index (χ2n) is 8.10. The van der Waals surface area contributed by atoms with Crippen molar-refractivity contribution in [1.82, 2.24) is 20.9 Å². The van der Waals surface area contributed by atoms with Crippen LogP contribution < -0.4 is 16.0 Å². The topological polar surface area (TPSA) is 68.8 Å². The summed E-state index contributed by atoms with van der Waals surface area (Å²) in [7, 11) is 1.79. The predicted molar refractivity (Wildman–Crippen MR) is 117 cm³/mol. The lowest BCUT2D eigenvalue weighted by molar-refractivity contribution is 0.0953. The number of aliphatic imine (C=N–C) groups is 1. The number of nitrogens with one attached hydrogen (secondary N) is 3. The number of benzene rings is 1.